The van der Waals surface area contributed by atoms with E-state index in [1.54, 1.807) is 0 Å². The maximum Gasteiger partial charge on any atom is 0.263 e. The van der Waals surface area contributed by atoms with E-state index >= 15 is 0 Å². The molecule has 2 heterocycles. The minimum atomic E-state index is -0.503. The van der Waals surface area contributed by atoms with Crippen molar-refractivity contribution >= 4 is 16.7 Å². The molecule has 4 rings (SSSR count). The molecule has 1 atom stereocenters. The highest BCUT2D eigenvalue weighted by atomic mass is 16.5. The van der Waals surface area contributed by atoms with Crippen molar-refractivity contribution in [2.45, 2.75) is 39.2 Å². The number of carbonyl (C=O) groups excluding carboxylic acids is 1. The van der Waals surface area contributed by atoms with Gasteiger partial charge in [-0.1, -0.05) is 35.5 Å². The molecule has 1 amide bonds. The fraction of sp³-hybridized carbons (Fsp3) is 0.409. The van der Waals surface area contributed by atoms with Crippen LogP contribution in [0.25, 0.3) is 10.8 Å². The van der Waals surface area contributed by atoms with E-state index in [1.165, 1.54) is 0 Å². The number of hydrogen-bond acceptors (Lipinski definition) is 5. The number of amides is 1. The molecule has 3 aromatic rings. The average molecular weight is 379 g/mol. The van der Waals surface area contributed by atoms with Crippen LogP contribution < -0.4 is 4.74 Å². The van der Waals surface area contributed by atoms with Gasteiger partial charge in [0, 0.05) is 19.5 Å². The van der Waals surface area contributed by atoms with Gasteiger partial charge in [0.2, 0.25) is 5.89 Å². The Morgan fingerprint density at radius 3 is 2.68 bits per heavy atom. The summed E-state index contributed by atoms with van der Waals surface area (Å²) in [5.74, 6) is 2.60. The number of benzene rings is 2. The zero-order chi connectivity index (χ0) is 19.5. The second kappa shape index (κ2) is 8.00. The van der Waals surface area contributed by atoms with Crippen molar-refractivity contribution in [3.8, 4) is 5.75 Å². The molecule has 0 bridgehead atoms. The van der Waals surface area contributed by atoms with Crippen molar-refractivity contribution in [1.29, 1.82) is 0 Å². The van der Waals surface area contributed by atoms with Crippen LogP contribution in [0.4, 0.5) is 0 Å². The van der Waals surface area contributed by atoms with Gasteiger partial charge in [0.15, 0.2) is 11.9 Å². The molecule has 1 saturated heterocycles. The van der Waals surface area contributed by atoms with E-state index in [2.05, 4.69) is 16.2 Å². The van der Waals surface area contributed by atoms with E-state index < -0.39 is 6.10 Å². The van der Waals surface area contributed by atoms with E-state index in [-0.39, 0.29) is 5.91 Å². The summed E-state index contributed by atoms with van der Waals surface area (Å²) >= 11 is 0. The fourth-order valence-corrected chi connectivity index (χ4v) is 3.78. The first-order valence-electron chi connectivity index (χ1n) is 9.82. The van der Waals surface area contributed by atoms with E-state index in [1.807, 2.05) is 55.1 Å². The van der Waals surface area contributed by atoms with E-state index in [0.717, 1.165) is 48.9 Å². The molecular weight excluding hydrogens is 354 g/mol. The Morgan fingerprint density at radius 2 is 1.96 bits per heavy atom. The third-order valence-electron chi connectivity index (χ3n) is 5.34. The van der Waals surface area contributed by atoms with Crippen LogP contribution in [0.1, 0.15) is 31.5 Å². The van der Waals surface area contributed by atoms with Crippen molar-refractivity contribution in [3.63, 3.8) is 0 Å². The molecule has 0 saturated carbocycles. The molecule has 1 fully saturated rings. The lowest BCUT2D eigenvalue weighted by Crippen LogP contribution is -2.45. The number of ether oxygens (including phenoxy) is 1. The van der Waals surface area contributed by atoms with E-state index in [9.17, 15) is 4.79 Å². The van der Waals surface area contributed by atoms with Gasteiger partial charge in [-0.3, -0.25) is 4.79 Å². The Balaban J connectivity index is 1.31. The number of carbonyl (C=O) groups is 1. The molecule has 0 aliphatic carbocycles. The Hall–Kier alpha value is -2.89. The van der Waals surface area contributed by atoms with Crippen molar-refractivity contribution in [2.75, 3.05) is 13.1 Å². The molecule has 0 radical (unpaired) electrons. The summed E-state index contributed by atoms with van der Waals surface area (Å²) in [5.41, 5.74) is 0. The second-order valence-corrected chi connectivity index (χ2v) is 7.48. The summed E-state index contributed by atoms with van der Waals surface area (Å²) in [6, 6.07) is 14.0. The number of nitrogens with zero attached hydrogens (tertiary/aromatic N) is 3. The Kier molecular flexibility index (Phi) is 5.28. The summed E-state index contributed by atoms with van der Waals surface area (Å²) < 4.78 is 11.2. The Bertz CT molecular complexity index is 960. The fourth-order valence-electron chi connectivity index (χ4n) is 3.78. The third kappa shape index (κ3) is 4.16. The Morgan fingerprint density at radius 1 is 1.21 bits per heavy atom. The molecule has 0 unspecified atom stereocenters. The van der Waals surface area contributed by atoms with Gasteiger partial charge < -0.3 is 14.2 Å². The zero-order valence-corrected chi connectivity index (χ0v) is 16.3. The van der Waals surface area contributed by atoms with E-state index in [0.29, 0.717) is 17.6 Å². The van der Waals surface area contributed by atoms with Crippen LogP contribution in [0.15, 0.2) is 47.0 Å². The standard InChI is InChI=1S/C22H25N3O3/c1-15(27-20-8-7-18-5-3-4-6-19(18)14-20)22(26)25-11-9-17(10-12-25)13-21-23-16(2)24-28-21/h3-8,14-15,17H,9-13H2,1-2H3/t15-/m0/s1. The third-order valence-corrected chi connectivity index (χ3v) is 5.34. The van der Waals surface area contributed by atoms with Gasteiger partial charge in [0.25, 0.3) is 5.91 Å². The van der Waals surface area contributed by atoms with Gasteiger partial charge in [-0.05, 0) is 55.5 Å². The lowest BCUT2D eigenvalue weighted by atomic mass is 9.93. The lowest BCUT2D eigenvalue weighted by Gasteiger charge is -2.33. The summed E-state index contributed by atoms with van der Waals surface area (Å²) in [5, 5.41) is 6.11. The highest BCUT2D eigenvalue weighted by Crippen LogP contribution is 2.24. The molecule has 1 aliphatic rings. The van der Waals surface area contributed by atoms with Crippen molar-refractivity contribution in [3.05, 3.63) is 54.2 Å². The van der Waals surface area contributed by atoms with E-state index in [4.69, 9.17) is 9.26 Å². The number of hydrogen-bond donors (Lipinski definition) is 0. The summed E-state index contributed by atoms with van der Waals surface area (Å²) in [7, 11) is 0. The van der Waals surface area contributed by atoms with Crippen molar-refractivity contribution in [1.82, 2.24) is 15.0 Å². The van der Waals surface area contributed by atoms with Crippen LogP contribution in [0.2, 0.25) is 0 Å². The van der Waals surface area contributed by atoms with Gasteiger partial charge in [-0.15, -0.1) is 0 Å². The molecule has 28 heavy (non-hydrogen) atoms. The van der Waals surface area contributed by atoms with Crippen LogP contribution in [0.3, 0.4) is 0 Å². The van der Waals surface area contributed by atoms with Crippen LogP contribution in [0, 0.1) is 12.8 Å². The minimum Gasteiger partial charge on any atom is -0.481 e. The van der Waals surface area contributed by atoms with Gasteiger partial charge >= 0.3 is 0 Å². The zero-order valence-electron chi connectivity index (χ0n) is 16.3. The van der Waals surface area contributed by atoms with Crippen LogP contribution in [-0.4, -0.2) is 40.1 Å². The van der Waals surface area contributed by atoms with Gasteiger partial charge in [-0.2, -0.15) is 4.98 Å². The average Bonchev–Trinajstić information content (AvgIpc) is 3.12. The summed E-state index contributed by atoms with van der Waals surface area (Å²) in [6.07, 6.45) is 2.16. The molecule has 1 aromatic heterocycles. The molecule has 0 N–H and O–H groups in total. The maximum absolute atomic E-state index is 12.8. The number of fused-ring (bicyclic) bond motifs is 1. The highest BCUT2D eigenvalue weighted by molar-refractivity contribution is 5.84. The van der Waals surface area contributed by atoms with Crippen molar-refractivity contribution < 1.29 is 14.1 Å². The predicted molar refractivity (Wildman–Crippen MR) is 106 cm³/mol. The smallest absolute Gasteiger partial charge is 0.263 e. The first kappa shape index (κ1) is 18.5. The largest absolute Gasteiger partial charge is 0.481 e. The summed E-state index contributed by atoms with van der Waals surface area (Å²) in [4.78, 5) is 19.0. The quantitative estimate of drug-likeness (QED) is 0.675. The first-order valence-corrected chi connectivity index (χ1v) is 9.82. The normalized spacial score (nSPS) is 16.3. The maximum atomic E-state index is 12.8. The number of likely N-dealkylation sites (tertiary alicyclic amines) is 1. The number of piperidine rings is 1. The van der Waals surface area contributed by atoms with Gasteiger partial charge in [0.1, 0.15) is 5.75 Å². The molecular formula is C22H25N3O3. The number of aromatic nitrogens is 2. The molecule has 146 valence electrons. The molecule has 0 spiro atoms. The summed E-state index contributed by atoms with van der Waals surface area (Å²) in [6.45, 7) is 5.13. The highest BCUT2D eigenvalue weighted by Gasteiger charge is 2.28. The molecule has 6 nitrogen and oxygen atoms in total. The van der Waals surface area contributed by atoms with Gasteiger partial charge in [0.05, 0.1) is 0 Å². The molecule has 1 aliphatic heterocycles. The second-order valence-electron chi connectivity index (χ2n) is 7.48. The first-order chi connectivity index (χ1) is 13.6. The van der Waals surface area contributed by atoms with Crippen LogP contribution in [-0.2, 0) is 11.2 Å². The SMILES string of the molecule is Cc1noc(CC2CCN(C(=O)[C@H](C)Oc3ccc4ccccc4c3)CC2)n1. The molecule has 6 heteroatoms. The van der Waals surface area contributed by atoms with Crippen LogP contribution in [0.5, 0.6) is 5.75 Å². The predicted octanol–water partition coefficient (Wildman–Crippen LogP) is 3.78. The topological polar surface area (TPSA) is 68.5 Å². The number of rotatable bonds is 5. The number of aryl methyl sites for hydroxylation is 1. The van der Waals surface area contributed by atoms with Gasteiger partial charge in [-0.25, -0.2) is 0 Å². The van der Waals surface area contributed by atoms with Crippen molar-refractivity contribution in [2.24, 2.45) is 5.92 Å². The Labute approximate surface area is 164 Å². The monoisotopic (exact) mass is 379 g/mol. The molecule has 2 aromatic carbocycles. The lowest BCUT2D eigenvalue weighted by molar-refractivity contribution is -0.139. The van der Waals surface area contributed by atoms with Crippen LogP contribution >= 0.6 is 0 Å². The minimum absolute atomic E-state index is 0.0419.